The van der Waals surface area contributed by atoms with Crippen molar-refractivity contribution in [2.45, 2.75) is 26.3 Å². The molecule has 0 aliphatic rings. The van der Waals surface area contributed by atoms with Gasteiger partial charge in [0, 0.05) is 24.9 Å². The molecule has 1 heterocycles. The zero-order valence-electron chi connectivity index (χ0n) is 15.0. The molecule has 1 aromatic heterocycles. The first-order valence-corrected chi connectivity index (χ1v) is 8.55. The fourth-order valence-electron chi connectivity index (χ4n) is 2.57. The van der Waals surface area contributed by atoms with E-state index in [0.29, 0.717) is 25.3 Å². The van der Waals surface area contributed by atoms with E-state index in [1.54, 1.807) is 13.3 Å². The molecule has 0 aliphatic heterocycles. The van der Waals surface area contributed by atoms with Crippen LogP contribution in [0, 0.1) is 6.92 Å². The van der Waals surface area contributed by atoms with Crippen LogP contribution < -0.4 is 10.1 Å². The fourth-order valence-corrected chi connectivity index (χ4v) is 2.57. The summed E-state index contributed by atoms with van der Waals surface area (Å²) in [5.41, 5.74) is 3.17. The van der Waals surface area contributed by atoms with Gasteiger partial charge in [0.05, 0.1) is 13.3 Å². The van der Waals surface area contributed by atoms with Crippen LogP contribution in [-0.4, -0.2) is 18.0 Å². The highest BCUT2D eigenvalue weighted by Gasteiger charge is 2.09. The fraction of sp³-hybridized carbons (Fsp3) is 0.238. The second-order valence-corrected chi connectivity index (χ2v) is 6.11. The van der Waals surface area contributed by atoms with Gasteiger partial charge in [0.2, 0.25) is 5.91 Å². The molecule has 1 N–H and O–H groups in total. The summed E-state index contributed by atoms with van der Waals surface area (Å²) in [6.07, 6.45) is 2.50. The van der Waals surface area contributed by atoms with Crippen LogP contribution in [0.4, 0.5) is 0 Å². The van der Waals surface area contributed by atoms with Crippen LogP contribution in [0.15, 0.2) is 59.1 Å². The Morgan fingerprint density at radius 1 is 1.19 bits per heavy atom. The van der Waals surface area contributed by atoms with Gasteiger partial charge in [0.15, 0.2) is 11.7 Å². The van der Waals surface area contributed by atoms with E-state index < -0.39 is 0 Å². The largest absolute Gasteiger partial charge is 0.497 e. The highest BCUT2D eigenvalue weighted by molar-refractivity contribution is 5.76. The van der Waals surface area contributed by atoms with Gasteiger partial charge in [-0.25, -0.2) is 4.98 Å². The van der Waals surface area contributed by atoms with Gasteiger partial charge >= 0.3 is 0 Å². The minimum absolute atomic E-state index is 0.0390. The monoisotopic (exact) mass is 350 g/mol. The Hall–Kier alpha value is -3.08. The van der Waals surface area contributed by atoms with E-state index in [4.69, 9.17) is 9.15 Å². The lowest BCUT2D eigenvalue weighted by atomic mass is 10.1. The summed E-state index contributed by atoms with van der Waals surface area (Å²) < 4.78 is 10.9. The van der Waals surface area contributed by atoms with Crippen LogP contribution in [0.5, 0.6) is 5.75 Å². The molecule has 3 rings (SSSR count). The number of nitrogens with one attached hydrogen (secondary N) is 1. The van der Waals surface area contributed by atoms with Crippen LogP contribution in [-0.2, 0) is 17.8 Å². The number of aromatic nitrogens is 1. The van der Waals surface area contributed by atoms with Gasteiger partial charge in [-0.3, -0.25) is 4.79 Å². The summed E-state index contributed by atoms with van der Waals surface area (Å²) in [4.78, 5) is 16.3. The van der Waals surface area contributed by atoms with Gasteiger partial charge < -0.3 is 14.5 Å². The number of benzene rings is 2. The normalized spacial score (nSPS) is 10.5. The molecule has 1 amide bonds. The molecule has 3 aromatic rings. The van der Waals surface area contributed by atoms with Gasteiger partial charge in [-0.1, -0.05) is 42.0 Å². The SMILES string of the molecule is COc1cccc(CNC(=O)CCc2ncc(-c3ccc(C)cc3)o2)c1. The standard InChI is InChI=1S/C21H22N2O3/c1-15-6-8-17(9-7-15)19-14-23-21(26-19)11-10-20(24)22-13-16-4-3-5-18(12-16)25-2/h3-9,12,14H,10-11,13H2,1-2H3,(H,22,24). The van der Waals surface area contributed by atoms with E-state index in [1.165, 1.54) is 5.56 Å². The number of rotatable bonds is 7. The average Bonchev–Trinajstić information content (AvgIpc) is 3.14. The molecule has 0 bridgehead atoms. The molecule has 0 spiro atoms. The molecule has 5 nitrogen and oxygen atoms in total. The number of methoxy groups -OCH3 is 1. The lowest BCUT2D eigenvalue weighted by Crippen LogP contribution is -2.23. The molecular weight excluding hydrogens is 328 g/mol. The van der Waals surface area contributed by atoms with Crippen LogP contribution in [0.3, 0.4) is 0 Å². The third-order valence-corrected chi connectivity index (χ3v) is 4.08. The Morgan fingerprint density at radius 3 is 2.77 bits per heavy atom. The van der Waals surface area contributed by atoms with E-state index in [2.05, 4.69) is 10.3 Å². The molecule has 0 saturated carbocycles. The number of oxazole rings is 1. The maximum absolute atomic E-state index is 12.0. The molecular formula is C21H22N2O3. The molecule has 0 atom stereocenters. The molecule has 0 saturated heterocycles. The van der Waals surface area contributed by atoms with Crippen molar-refractivity contribution < 1.29 is 13.9 Å². The molecule has 0 unspecified atom stereocenters. The number of hydrogen-bond donors (Lipinski definition) is 1. The van der Waals surface area contributed by atoms with Crippen molar-refractivity contribution in [2.24, 2.45) is 0 Å². The lowest BCUT2D eigenvalue weighted by Gasteiger charge is -2.06. The van der Waals surface area contributed by atoms with E-state index in [0.717, 1.165) is 22.6 Å². The highest BCUT2D eigenvalue weighted by atomic mass is 16.5. The Kier molecular flexibility index (Phi) is 5.69. The van der Waals surface area contributed by atoms with Gasteiger partial charge in [0.25, 0.3) is 0 Å². The summed E-state index contributed by atoms with van der Waals surface area (Å²) in [5, 5.41) is 2.90. The molecule has 0 fully saturated rings. The number of amides is 1. The number of aryl methyl sites for hydroxylation is 2. The quantitative estimate of drug-likeness (QED) is 0.702. The molecule has 2 aromatic carbocycles. The Balaban J connectivity index is 1.49. The predicted molar refractivity (Wildman–Crippen MR) is 99.8 cm³/mol. The maximum atomic E-state index is 12.0. The second kappa shape index (κ2) is 8.34. The average molecular weight is 350 g/mol. The summed E-state index contributed by atoms with van der Waals surface area (Å²) in [6.45, 7) is 2.51. The van der Waals surface area contributed by atoms with Gasteiger partial charge in [-0.2, -0.15) is 0 Å². The van der Waals surface area contributed by atoms with Crippen molar-refractivity contribution in [3.05, 3.63) is 71.7 Å². The van der Waals surface area contributed by atoms with E-state index in [9.17, 15) is 4.79 Å². The topological polar surface area (TPSA) is 64.4 Å². The van der Waals surface area contributed by atoms with E-state index in [1.807, 2.05) is 55.5 Å². The van der Waals surface area contributed by atoms with Crippen molar-refractivity contribution >= 4 is 5.91 Å². The third kappa shape index (κ3) is 4.72. The van der Waals surface area contributed by atoms with Crippen molar-refractivity contribution in [3.63, 3.8) is 0 Å². The minimum Gasteiger partial charge on any atom is -0.497 e. The second-order valence-electron chi connectivity index (χ2n) is 6.11. The Labute approximate surface area is 153 Å². The van der Waals surface area contributed by atoms with Gasteiger partial charge in [0.1, 0.15) is 5.75 Å². The summed E-state index contributed by atoms with van der Waals surface area (Å²) in [6, 6.07) is 15.7. The smallest absolute Gasteiger partial charge is 0.220 e. The molecule has 0 radical (unpaired) electrons. The first-order chi connectivity index (χ1) is 12.6. The number of ether oxygens (including phenoxy) is 1. The highest BCUT2D eigenvalue weighted by Crippen LogP contribution is 2.21. The zero-order valence-corrected chi connectivity index (χ0v) is 15.0. The maximum Gasteiger partial charge on any atom is 0.220 e. The zero-order chi connectivity index (χ0) is 18.4. The first-order valence-electron chi connectivity index (χ1n) is 8.55. The van der Waals surface area contributed by atoms with Crippen molar-refractivity contribution in [1.82, 2.24) is 10.3 Å². The molecule has 134 valence electrons. The minimum atomic E-state index is -0.0390. The predicted octanol–water partition coefficient (Wildman–Crippen LogP) is 3.91. The van der Waals surface area contributed by atoms with Crippen LogP contribution in [0.25, 0.3) is 11.3 Å². The lowest BCUT2D eigenvalue weighted by molar-refractivity contribution is -0.121. The Morgan fingerprint density at radius 2 is 2.00 bits per heavy atom. The molecule has 0 aliphatic carbocycles. The number of carbonyl (C=O) groups excluding carboxylic acids is 1. The Bertz CT molecular complexity index is 869. The van der Waals surface area contributed by atoms with Crippen LogP contribution in [0.1, 0.15) is 23.4 Å². The third-order valence-electron chi connectivity index (χ3n) is 4.08. The van der Waals surface area contributed by atoms with Gasteiger partial charge in [-0.15, -0.1) is 0 Å². The van der Waals surface area contributed by atoms with E-state index in [-0.39, 0.29) is 5.91 Å². The van der Waals surface area contributed by atoms with Crippen molar-refractivity contribution in [1.29, 1.82) is 0 Å². The van der Waals surface area contributed by atoms with E-state index >= 15 is 0 Å². The molecule has 26 heavy (non-hydrogen) atoms. The van der Waals surface area contributed by atoms with Crippen LogP contribution in [0.2, 0.25) is 0 Å². The van der Waals surface area contributed by atoms with Gasteiger partial charge in [-0.05, 0) is 24.6 Å². The van der Waals surface area contributed by atoms with Crippen LogP contribution >= 0.6 is 0 Å². The number of hydrogen-bond acceptors (Lipinski definition) is 4. The number of nitrogens with zero attached hydrogens (tertiary/aromatic N) is 1. The van der Waals surface area contributed by atoms with Crippen molar-refractivity contribution in [3.8, 4) is 17.1 Å². The molecule has 5 heteroatoms. The summed E-state index contributed by atoms with van der Waals surface area (Å²) >= 11 is 0. The first kappa shape index (κ1) is 17.7. The summed E-state index contributed by atoms with van der Waals surface area (Å²) in [5.74, 6) is 2.02. The number of carbonyl (C=O) groups is 1. The summed E-state index contributed by atoms with van der Waals surface area (Å²) in [7, 11) is 1.62. The van der Waals surface area contributed by atoms with Crippen molar-refractivity contribution in [2.75, 3.05) is 7.11 Å².